The maximum atomic E-state index is 5.74. The second-order valence-electron chi connectivity index (χ2n) is 6.90. The van der Waals surface area contributed by atoms with E-state index in [0.717, 1.165) is 42.0 Å². The third-order valence-electron chi connectivity index (χ3n) is 5.18. The molecule has 132 valence electrons. The molecular weight excluding hydrogens is 417 g/mol. The summed E-state index contributed by atoms with van der Waals surface area (Å²) in [5, 5.41) is 6.86. The SMILES string of the molecule is CN=C(NCC1(C2CC2)CC1)Nc1ccc2c(c1)OCCCO2.I. The van der Waals surface area contributed by atoms with Crippen LogP contribution in [0, 0.1) is 11.3 Å². The van der Waals surface area contributed by atoms with Gasteiger partial charge in [-0.15, -0.1) is 24.0 Å². The standard InChI is InChI=1S/C18H25N3O2.HI/c1-19-17(20-12-18(7-8-18)13-3-4-13)21-14-5-6-15-16(11-14)23-10-2-9-22-15;/h5-6,11,13H,2-4,7-10,12H2,1H3,(H2,19,20,21);1H. The second kappa shape index (κ2) is 7.37. The molecule has 2 fully saturated rings. The van der Waals surface area contributed by atoms with E-state index >= 15 is 0 Å². The zero-order valence-corrected chi connectivity index (χ0v) is 16.5. The summed E-state index contributed by atoms with van der Waals surface area (Å²) in [7, 11) is 1.81. The fourth-order valence-corrected chi connectivity index (χ4v) is 3.40. The van der Waals surface area contributed by atoms with Crippen molar-refractivity contribution < 1.29 is 9.47 Å². The third kappa shape index (κ3) is 3.90. The molecule has 24 heavy (non-hydrogen) atoms. The van der Waals surface area contributed by atoms with E-state index in [1.807, 2.05) is 25.2 Å². The van der Waals surface area contributed by atoms with Gasteiger partial charge in [0.05, 0.1) is 13.2 Å². The van der Waals surface area contributed by atoms with Gasteiger partial charge in [0.1, 0.15) is 0 Å². The van der Waals surface area contributed by atoms with E-state index in [4.69, 9.17) is 9.47 Å². The predicted octanol–water partition coefficient (Wildman–Crippen LogP) is 3.64. The smallest absolute Gasteiger partial charge is 0.195 e. The molecule has 2 saturated carbocycles. The van der Waals surface area contributed by atoms with Crippen molar-refractivity contribution in [2.75, 3.05) is 32.1 Å². The number of guanidine groups is 1. The summed E-state index contributed by atoms with van der Waals surface area (Å²) >= 11 is 0. The van der Waals surface area contributed by atoms with Crippen LogP contribution >= 0.6 is 24.0 Å². The van der Waals surface area contributed by atoms with Crippen LogP contribution in [-0.2, 0) is 0 Å². The third-order valence-corrected chi connectivity index (χ3v) is 5.18. The average molecular weight is 443 g/mol. The number of nitrogens with zero attached hydrogens (tertiary/aromatic N) is 1. The zero-order valence-electron chi connectivity index (χ0n) is 14.1. The van der Waals surface area contributed by atoms with Crippen LogP contribution in [0.25, 0.3) is 0 Å². The summed E-state index contributed by atoms with van der Waals surface area (Å²) in [5.74, 6) is 3.40. The minimum absolute atomic E-state index is 0. The molecule has 5 nitrogen and oxygen atoms in total. The van der Waals surface area contributed by atoms with E-state index < -0.39 is 0 Å². The number of hydrogen-bond donors (Lipinski definition) is 2. The van der Waals surface area contributed by atoms with Crippen molar-refractivity contribution in [3.05, 3.63) is 18.2 Å². The van der Waals surface area contributed by atoms with Gasteiger partial charge in [-0.3, -0.25) is 4.99 Å². The molecule has 1 aromatic rings. The molecule has 1 heterocycles. The van der Waals surface area contributed by atoms with E-state index in [9.17, 15) is 0 Å². The highest BCUT2D eigenvalue weighted by Gasteiger charge is 2.53. The molecule has 2 N–H and O–H groups in total. The zero-order chi connectivity index (χ0) is 15.7. The Morgan fingerprint density at radius 1 is 1.21 bits per heavy atom. The molecule has 0 unspecified atom stereocenters. The first-order valence-corrected chi connectivity index (χ1v) is 8.66. The maximum absolute atomic E-state index is 5.74. The van der Waals surface area contributed by atoms with Gasteiger partial charge in [-0.05, 0) is 49.1 Å². The molecule has 1 aromatic carbocycles. The topological polar surface area (TPSA) is 54.9 Å². The van der Waals surface area contributed by atoms with Crippen molar-refractivity contribution in [3.63, 3.8) is 0 Å². The Morgan fingerprint density at radius 2 is 1.96 bits per heavy atom. The van der Waals surface area contributed by atoms with Crippen LogP contribution < -0.4 is 20.1 Å². The Kier molecular flexibility index (Phi) is 5.42. The van der Waals surface area contributed by atoms with Crippen LogP contribution in [0.1, 0.15) is 32.1 Å². The summed E-state index contributed by atoms with van der Waals surface area (Å²) in [6, 6.07) is 5.96. The monoisotopic (exact) mass is 443 g/mol. The highest BCUT2D eigenvalue weighted by atomic mass is 127. The van der Waals surface area contributed by atoms with Crippen LogP contribution in [0.3, 0.4) is 0 Å². The minimum Gasteiger partial charge on any atom is -0.490 e. The average Bonchev–Trinajstić information content (AvgIpc) is 3.44. The van der Waals surface area contributed by atoms with E-state index in [1.54, 1.807) is 0 Å². The summed E-state index contributed by atoms with van der Waals surface area (Å²) in [6.45, 7) is 2.45. The highest BCUT2D eigenvalue weighted by molar-refractivity contribution is 14.0. The van der Waals surface area contributed by atoms with Crippen LogP contribution in [0.2, 0.25) is 0 Å². The number of anilines is 1. The largest absolute Gasteiger partial charge is 0.490 e. The molecule has 0 atom stereocenters. The summed E-state index contributed by atoms with van der Waals surface area (Å²) in [5.41, 5.74) is 1.53. The van der Waals surface area contributed by atoms with Crippen LogP contribution in [-0.4, -0.2) is 32.8 Å². The van der Waals surface area contributed by atoms with Gasteiger partial charge in [-0.2, -0.15) is 0 Å². The fourth-order valence-electron chi connectivity index (χ4n) is 3.40. The normalized spacial score (nSPS) is 21.3. The van der Waals surface area contributed by atoms with Gasteiger partial charge in [0.25, 0.3) is 0 Å². The second-order valence-corrected chi connectivity index (χ2v) is 6.90. The van der Waals surface area contributed by atoms with Gasteiger partial charge in [0.2, 0.25) is 0 Å². The number of nitrogens with one attached hydrogen (secondary N) is 2. The molecule has 0 aromatic heterocycles. The van der Waals surface area contributed by atoms with Gasteiger partial charge < -0.3 is 20.1 Å². The van der Waals surface area contributed by atoms with Crippen LogP contribution in [0.5, 0.6) is 11.5 Å². The van der Waals surface area contributed by atoms with Crippen molar-refractivity contribution in [1.29, 1.82) is 0 Å². The molecule has 0 bridgehead atoms. The lowest BCUT2D eigenvalue weighted by Gasteiger charge is -2.18. The molecule has 6 heteroatoms. The quantitative estimate of drug-likeness (QED) is 0.424. The molecule has 4 rings (SSSR count). The van der Waals surface area contributed by atoms with Crippen molar-refractivity contribution in [2.45, 2.75) is 32.1 Å². The van der Waals surface area contributed by atoms with Crippen LogP contribution in [0.15, 0.2) is 23.2 Å². The Bertz CT molecular complexity index is 612. The lowest BCUT2D eigenvalue weighted by molar-refractivity contribution is 0.297. The number of benzene rings is 1. The summed E-state index contributed by atoms with van der Waals surface area (Å²) < 4.78 is 11.4. The van der Waals surface area contributed by atoms with Gasteiger partial charge in [0, 0.05) is 31.8 Å². The van der Waals surface area contributed by atoms with Crippen molar-refractivity contribution in [3.8, 4) is 11.5 Å². The highest BCUT2D eigenvalue weighted by Crippen LogP contribution is 2.60. The minimum atomic E-state index is 0. The van der Waals surface area contributed by atoms with E-state index in [2.05, 4.69) is 15.6 Å². The van der Waals surface area contributed by atoms with Gasteiger partial charge in [-0.1, -0.05) is 0 Å². The lowest BCUT2D eigenvalue weighted by atomic mass is 10.0. The molecule has 1 aliphatic heterocycles. The first-order chi connectivity index (χ1) is 11.3. The van der Waals surface area contributed by atoms with E-state index in [-0.39, 0.29) is 24.0 Å². The van der Waals surface area contributed by atoms with E-state index in [0.29, 0.717) is 18.6 Å². The van der Waals surface area contributed by atoms with Gasteiger partial charge in [0.15, 0.2) is 17.5 Å². The lowest BCUT2D eigenvalue weighted by Crippen LogP contribution is -2.36. The summed E-state index contributed by atoms with van der Waals surface area (Å²) in [6.07, 6.45) is 6.48. The number of hydrogen-bond acceptors (Lipinski definition) is 3. The molecule has 0 spiro atoms. The van der Waals surface area contributed by atoms with Crippen molar-refractivity contribution in [2.24, 2.45) is 16.3 Å². The number of fused-ring (bicyclic) bond motifs is 1. The molecule has 3 aliphatic rings. The number of halogens is 1. The first-order valence-electron chi connectivity index (χ1n) is 8.66. The van der Waals surface area contributed by atoms with Crippen molar-refractivity contribution in [1.82, 2.24) is 5.32 Å². The van der Waals surface area contributed by atoms with Gasteiger partial charge >= 0.3 is 0 Å². The predicted molar refractivity (Wildman–Crippen MR) is 107 cm³/mol. The molecule has 0 saturated heterocycles. The number of aliphatic imine (C=N–C) groups is 1. The molecule has 0 radical (unpaired) electrons. The molecule has 2 aliphatic carbocycles. The first kappa shape index (κ1) is 17.6. The maximum Gasteiger partial charge on any atom is 0.195 e. The molecule has 0 amide bonds. The summed E-state index contributed by atoms with van der Waals surface area (Å²) in [4.78, 5) is 4.35. The Hall–Kier alpha value is -1.18. The van der Waals surface area contributed by atoms with Gasteiger partial charge in [-0.25, -0.2) is 0 Å². The Morgan fingerprint density at radius 3 is 2.62 bits per heavy atom. The van der Waals surface area contributed by atoms with Crippen molar-refractivity contribution >= 4 is 35.6 Å². The Balaban J connectivity index is 0.00000169. The fraction of sp³-hybridized carbons (Fsp3) is 0.611. The number of rotatable bonds is 4. The number of ether oxygens (including phenoxy) is 2. The van der Waals surface area contributed by atoms with E-state index in [1.165, 1.54) is 25.7 Å². The van der Waals surface area contributed by atoms with Crippen LogP contribution in [0.4, 0.5) is 5.69 Å². The Labute approximate surface area is 160 Å². The molecular formula is C18H26IN3O2.